The Hall–Kier alpha value is -1.09. The first-order valence-electron chi connectivity index (χ1n) is 4.93. The van der Waals surface area contributed by atoms with E-state index in [1.165, 1.54) is 0 Å². The Morgan fingerprint density at radius 3 is 1.48 bits per heavy atom. The van der Waals surface area contributed by atoms with Gasteiger partial charge in [-0.2, -0.15) is 43.5 Å². The van der Waals surface area contributed by atoms with Gasteiger partial charge in [0.15, 0.2) is 0 Å². The van der Waals surface area contributed by atoms with Crippen LogP contribution in [0.3, 0.4) is 0 Å². The topological polar surface area (TPSA) is 80.4 Å². The average Bonchev–Trinajstić information content (AvgIpc) is 2.36. The van der Waals surface area contributed by atoms with E-state index in [4.69, 9.17) is 10.3 Å². The van der Waals surface area contributed by atoms with Crippen LogP contribution in [0, 0.1) is 0 Å². The van der Waals surface area contributed by atoms with E-state index in [0.717, 1.165) is 0 Å². The standard InChI is InChI=1S/C5H2F10O3S.C3H7N/c6-1(7)2(8,9)3(10,11)4(12,13)5(14,15)19(16,17)18;1-2-3-4/h1H,(H,16,17,18);2H,1,3-4H2. The van der Waals surface area contributed by atoms with Crippen molar-refractivity contribution in [3.05, 3.63) is 12.7 Å². The molecule has 0 saturated carbocycles. The number of nitrogens with two attached hydrogens (primary N) is 1. The molecule has 4 nitrogen and oxygen atoms in total. The van der Waals surface area contributed by atoms with E-state index in [-0.39, 0.29) is 0 Å². The van der Waals surface area contributed by atoms with Crippen LogP contribution in [-0.2, 0) is 10.1 Å². The van der Waals surface area contributed by atoms with E-state index in [2.05, 4.69) is 6.58 Å². The number of hydrogen-bond donors (Lipinski definition) is 2. The van der Waals surface area contributed by atoms with E-state index in [9.17, 15) is 52.3 Å². The molecule has 0 heterocycles. The van der Waals surface area contributed by atoms with Gasteiger partial charge in [0.1, 0.15) is 0 Å². The molecular formula is C8H9F10NO3S. The Kier molecular flexibility index (Phi) is 7.57. The summed E-state index contributed by atoms with van der Waals surface area (Å²) in [7, 11) is -7.27. The van der Waals surface area contributed by atoms with Crippen molar-refractivity contribution in [3.8, 4) is 0 Å². The fourth-order valence-electron chi connectivity index (χ4n) is 0.691. The Bertz CT molecular complexity index is 504. The molecule has 15 heteroatoms. The third-order valence-corrected chi connectivity index (χ3v) is 2.85. The molecule has 0 fully saturated rings. The number of halogens is 10. The summed E-state index contributed by atoms with van der Waals surface area (Å²) in [6.45, 7) is 3.94. The second-order valence-electron chi connectivity index (χ2n) is 3.59. The average molecular weight is 389 g/mol. The van der Waals surface area contributed by atoms with Gasteiger partial charge in [0.2, 0.25) is 0 Å². The lowest BCUT2D eigenvalue weighted by Gasteiger charge is -2.34. The highest BCUT2D eigenvalue weighted by molar-refractivity contribution is 7.87. The Morgan fingerprint density at radius 1 is 1.00 bits per heavy atom. The fraction of sp³-hybridized carbons (Fsp3) is 0.750. The molecule has 140 valence electrons. The molecule has 0 atom stereocenters. The highest BCUT2D eigenvalue weighted by Gasteiger charge is 2.86. The second-order valence-corrected chi connectivity index (χ2v) is 5.05. The molecule has 0 amide bonds. The first-order valence-corrected chi connectivity index (χ1v) is 6.37. The maximum Gasteiger partial charge on any atom is 0.438 e. The SMILES string of the molecule is C=CCN.O=S(=O)(O)C(F)(F)C(F)(F)C(F)(F)C(F)(F)C(F)F. The van der Waals surface area contributed by atoms with Gasteiger partial charge < -0.3 is 5.73 Å². The predicted molar refractivity (Wildman–Crippen MR) is 56.6 cm³/mol. The molecular weight excluding hydrogens is 380 g/mol. The lowest BCUT2D eigenvalue weighted by Crippen LogP contribution is -2.66. The monoisotopic (exact) mass is 389 g/mol. The zero-order valence-corrected chi connectivity index (χ0v) is 11.4. The molecule has 0 aliphatic carbocycles. The molecule has 0 spiro atoms. The molecule has 0 rings (SSSR count). The molecule has 0 aliphatic rings. The minimum Gasteiger partial charge on any atom is -0.327 e. The maximum atomic E-state index is 12.5. The molecule has 0 aromatic carbocycles. The van der Waals surface area contributed by atoms with Gasteiger partial charge in [-0.05, 0) is 0 Å². The molecule has 0 aliphatic heterocycles. The Labute approximate surface area is 122 Å². The normalized spacial score (nSPS) is 14.3. The van der Waals surface area contributed by atoms with Gasteiger partial charge in [0.25, 0.3) is 0 Å². The van der Waals surface area contributed by atoms with Crippen molar-refractivity contribution in [2.45, 2.75) is 29.4 Å². The second kappa shape index (κ2) is 7.21. The van der Waals surface area contributed by atoms with Crippen LogP contribution >= 0.6 is 0 Å². The van der Waals surface area contributed by atoms with Gasteiger partial charge in [-0.1, -0.05) is 6.08 Å². The Morgan fingerprint density at radius 2 is 1.30 bits per heavy atom. The van der Waals surface area contributed by atoms with Gasteiger partial charge in [0.05, 0.1) is 0 Å². The van der Waals surface area contributed by atoms with Gasteiger partial charge in [-0.3, -0.25) is 4.55 Å². The van der Waals surface area contributed by atoms with Gasteiger partial charge in [0, 0.05) is 6.54 Å². The molecule has 0 saturated heterocycles. The third-order valence-electron chi connectivity index (χ3n) is 1.94. The first-order chi connectivity index (χ1) is 9.86. The summed E-state index contributed by atoms with van der Waals surface area (Å²) in [4.78, 5) is 0. The van der Waals surface area contributed by atoms with Crippen LogP contribution in [0.5, 0.6) is 0 Å². The van der Waals surface area contributed by atoms with Crippen LogP contribution in [0.1, 0.15) is 0 Å². The lowest BCUT2D eigenvalue weighted by molar-refractivity contribution is -0.369. The predicted octanol–water partition coefficient (Wildman–Crippen LogP) is 2.77. The summed E-state index contributed by atoms with van der Waals surface area (Å²) in [6.07, 6.45) is -3.84. The molecule has 0 bridgehead atoms. The van der Waals surface area contributed by atoms with E-state index >= 15 is 0 Å². The molecule has 0 unspecified atom stereocenters. The quantitative estimate of drug-likeness (QED) is 0.416. The van der Waals surface area contributed by atoms with Crippen LogP contribution in [0.4, 0.5) is 43.9 Å². The van der Waals surface area contributed by atoms with Crippen LogP contribution in [-0.4, -0.2) is 49.0 Å². The maximum absolute atomic E-state index is 12.5. The van der Waals surface area contributed by atoms with Crippen molar-refractivity contribution in [2.75, 3.05) is 6.54 Å². The van der Waals surface area contributed by atoms with Gasteiger partial charge in [-0.25, -0.2) is 8.78 Å². The van der Waals surface area contributed by atoms with E-state index in [1.54, 1.807) is 6.08 Å². The van der Waals surface area contributed by atoms with E-state index in [0.29, 0.717) is 6.54 Å². The van der Waals surface area contributed by atoms with Crippen LogP contribution in [0.25, 0.3) is 0 Å². The van der Waals surface area contributed by atoms with Crippen molar-refractivity contribution in [1.82, 2.24) is 0 Å². The van der Waals surface area contributed by atoms with Crippen molar-refractivity contribution >= 4 is 10.1 Å². The van der Waals surface area contributed by atoms with Crippen molar-refractivity contribution in [1.29, 1.82) is 0 Å². The minimum atomic E-state index is -7.49. The van der Waals surface area contributed by atoms with Crippen molar-refractivity contribution < 1.29 is 56.9 Å². The van der Waals surface area contributed by atoms with Crippen molar-refractivity contribution in [3.63, 3.8) is 0 Å². The summed E-state index contributed by atoms with van der Waals surface area (Å²) in [5.41, 5.74) is 4.91. The molecule has 0 aromatic heterocycles. The van der Waals surface area contributed by atoms with Crippen LogP contribution in [0.2, 0.25) is 0 Å². The number of alkyl halides is 10. The first kappa shape index (κ1) is 24.2. The summed E-state index contributed by atoms with van der Waals surface area (Å²) < 4.78 is 149. The zero-order valence-electron chi connectivity index (χ0n) is 10.6. The number of hydrogen-bond acceptors (Lipinski definition) is 3. The van der Waals surface area contributed by atoms with Gasteiger partial charge in [-0.15, -0.1) is 6.58 Å². The van der Waals surface area contributed by atoms with Crippen LogP contribution in [0.15, 0.2) is 12.7 Å². The molecule has 23 heavy (non-hydrogen) atoms. The fourth-order valence-corrected chi connectivity index (χ4v) is 1.14. The smallest absolute Gasteiger partial charge is 0.327 e. The molecule has 0 aromatic rings. The summed E-state index contributed by atoms with van der Waals surface area (Å²) in [6, 6.07) is 0. The minimum absolute atomic E-state index is 0.583. The molecule has 3 N–H and O–H groups in total. The lowest BCUT2D eigenvalue weighted by atomic mass is 10.1. The summed E-state index contributed by atoms with van der Waals surface area (Å²) >= 11 is 0. The highest BCUT2D eigenvalue weighted by atomic mass is 32.2. The van der Waals surface area contributed by atoms with Crippen LogP contribution < -0.4 is 5.73 Å². The molecule has 0 radical (unpaired) electrons. The summed E-state index contributed by atoms with van der Waals surface area (Å²) in [5.74, 6) is -21.9. The van der Waals surface area contributed by atoms with E-state index in [1.807, 2.05) is 0 Å². The van der Waals surface area contributed by atoms with Crippen molar-refractivity contribution in [2.24, 2.45) is 5.73 Å². The zero-order chi connectivity index (χ0) is 19.5. The summed E-state index contributed by atoms with van der Waals surface area (Å²) in [5, 5.41) is -7.11. The third kappa shape index (κ3) is 4.26. The Balaban J connectivity index is 0. The van der Waals surface area contributed by atoms with E-state index < -0.39 is 39.6 Å². The van der Waals surface area contributed by atoms with Gasteiger partial charge >= 0.3 is 39.6 Å². The largest absolute Gasteiger partial charge is 0.438 e. The number of rotatable bonds is 6. The highest BCUT2D eigenvalue weighted by Crippen LogP contribution is 2.55.